The van der Waals surface area contributed by atoms with E-state index in [2.05, 4.69) is 0 Å². The number of benzene rings is 1. The number of aliphatic carboxylic acids is 1. The lowest BCUT2D eigenvalue weighted by molar-refractivity contribution is -0.145. The fourth-order valence-corrected chi connectivity index (χ4v) is 1.91. The highest BCUT2D eigenvalue weighted by atomic mass is 32.2. The van der Waals surface area contributed by atoms with Crippen molar-refractivity contribution in [3.05, 3.63) is 29.8 Å². The quantitative estimate of drug-likeness (QED) is 0.609. The van der Waals surface area contributed by atoms with Crippen molar-refractivity contribution in [3.63, 3.8) is 0 Å². The lowest BCUT2D eigenvalue weighted by Gasteiger charge is -2.22. The predicted octanol–water partition coefficient (Wildman–Crippen LogP) is -1.50. The van der Waals surface area contributed by atoms with E-state index in [1.165, 1.54) is 24.3 Å². The van der Waals surface area contributed by atoms with Crippen LogP contribution in [0.15, 0.2) is 29.2 Å². The summed E-state index contributed by atoms with van der Waals surface area (Å²) >= 11 is 0. The van der Waals surface area contributed by atoms with Crippen molar-refractivity contribution >= 4 is 15.8 Å². The molecule has 0 aliphatic carbocycles. The molecule has 1 rings (SSSR count). The van der Waals surface area contributed by atoms with E-state index in [1.54, 1.807) is 0 Å². The molecule has 1 aromatic carbocycles. The summed E-state index contributed by atoms with van der Waals surface area (Å²) in [6, 6.07) is 5.07. The van der Waals surface area contributed by atoms with Gasteiger partial charge in [-0.3, -0.25) is 0 Å². The highest BCUT2D eigenvalue weighted by molar-refractivity contribution is 7.90. The van der Waals surface area contributed by atoms with Gasteiger partial charge in [0.2, 0.25) is 0 Å². The van der Waals surface area contributed by atoms with Crippen LogP contribution in [-0.4, -0.2) is 42.9 Å². The number of aliphatic hydroxyl groups excluding tert-OH is 1. The molecule has 18 heavy (non-hydrogen) atoms. The molecule has 0 saturated carbocycles. The van der Waals surface area contributed by atoms with E-state index in [4.69, 9.17) is 15.9 Å². The molecule has 0 aliphatic heterocycles. The Morgan fingerprint density at radius 3 is 2.06 bits per heavy atom. The molecule has 1 unspecified atom stereocenters. The molecule has 0 amide bonds. The minimum atomic E-state index is -3.34. The van der Waals surface area contributed by atoms with Crippen LogP contribution in [-0.2, 0) is 20.2 Å². The maximum absolute atomic E-state index is 11.2. The number of carboxylic acid groups (broad SMARTS) is 1. The van der Waals surface area contributed by atoms with Gasteiger partial charge in [-0.05, 0) is 17.7 Å². The number of rotatable bonds is 4. The fraction of sp³-hybridized carbons (Fsp3) is 0.300. The average Bonchev–Trinajstić information content (AvgIpc) is 2.26. The molecular formula is C10H15NO6S. The summed E-state index contributed by atoms with van der Waals surface area (Å²) in [6.07, 6.45) is 1.04. The summed E-state index contributed by atoms with van der Waals surface area (Å²) < 4.78 is 22.4. The van der Waals surface area contributed by atoms with Crippen LogP contribution < -0.4 is 5.73 Å². The van der Waals surface area contributed by atoms with Crippen LogP contribution in [0.4, 0.5) is 0 Å². The van der Waals surface area contributed by atoms with Gasteiger partial charge in [-0.25, -0.2) is 13.2 Å². The number of hydrogen-bond acceptors (Lipinski definition) is 5. The number of aliphatic hydroxyl groups is 1. The van der Waals surface area contributed by atoms with Gasteiger partial charge in [-0.1, -0.05) is 12.1 Å². The average molecular weight is 277 g/mol. The number of nitrogens with two attached hydrogens (primary N) is 1. The summed E-state index contributed by atoms with van der Waals surface area (Å²) in [5.41, 5.74) is 3.74. The van der Waals surface area contributed by atoms with Gasteiger partial charge in [0.15, 0.2) is 15.4 Å². The van der Waals surface area contributed by atoms with Gasteiger partial charge in [-0.15, -0.1) is 0 Å². The number of carbonyl (C=O) groups is 1. The summed E-state index contributed by atoms with van der Waals surface area (Å²) in [6.45, 7) is -0.777. The van der Waals surface area contributed by atoms with Crippen LogP contribution >= 0.6 is 0 Å². The van der Waals surface area contributed by atoms with Crippen molar-refractivity contribution < 1.29 is 28.9 Å². The van der Waals surface area contributed by atoms with Crippen molar-refractivity contribution in [1.29, 1.82) is 0 Å². The largest absolute Gasteiger partial charge is 0.480 e. The lowest BCUT2D eigenvalue weighted by atomic mass is 9.92. The van der Waals surface area contributed by atoms with Crippen molar-refractivity contribution in [1.82, 2.24) is 0 Å². The highest BCUT2D eigenvalue weighted by Crippen LogP contribution is 2.20. The maximum atomic E-state index is 11.2. The van der Waals surface area contributed by atoms with E-state index < -0.39 is 28.0 Å². The Kier molecular flexibility index (Phi) is 4.99. The third kappa shape index (κ3) is 3.05. The molecule has 0 fully saturated rings. The first-order valence-corrected chi connectivity index (χ1v) is 6.54. The molecule has 0 radical (unpaired) electrons. The Labute approximate surface area is 104 Å². The Morgan fingerprint density at radius 1 is 1.33 bits per heavy atom. The van der Waals surface area contributed by atoms with Crippen molar-refractivity contribution in [2.75, 3.05) is 12.9 Å². The second-order valence-electron chi connectivity index (χ2n) is 3.73. The van der Waals surface area contributed by atoms with Gasteiger partial charge >= 0.3 is 5.97 Å². The van der Waals surface area contributed by atoms with Gasteiger partial charge < -0.3 is 21.4 Å². The normalized spacial score (nSPS) is 14.4. The van der Waals surface area contributed by atoms with E-state index in [-0.39, 0.29) is 15.9 Å². The Hall–Kier alpha value is -1.48. The molecule has 6 N–H and O–H groups in total. The standard InChI is InChI=1S/C10H13NO5S.H2O/c1-17(15,16)8-4-2-7(3-5-8)10(11,6-12)9(13)14;/h2-5,12H,6,11H2,1H3,(H,13,14);1H2. The summed E-state index contributed by atoms with van der Waals surface area (Å²) in [7, 11) is -3.34. The summed E-state index contributed by atoms with van der Waals surface area (Å²) in [5.74, 6) is -1.38. The Bertz CT molecular complexity index is 524. The van der Waals surface area contributed by atoms with Crippen molar-refractivity contribution in [2.24, 2.45) is 5.73 Å². The molecule has 0 spiro atoms. The lowest BCUT2D eigenvalue weighted by Crippen LogP contribution is -2.48. The number of carboxylic acids is 1. The van der Waals surface area contributed by atoms with Crippen LogP contribution in [0.5, 0.6) is 0 Å². The predicted molar refractivity (Wildman–Crippen MR) is 63.8 cm³/mol. The van der Waals surface area contributed by atoms with E-state index in [0.29, 0.717) is 0 Å². The van der Waals surface area contributed by atoms with Crippen LogP contribution in [0.2, 0.25) is 0 Å². The van der Waals surface area contributed by atoms with Gasteiger partial charge in [0.25, 0.3) is 0 Å². The zero-order valence-corrected chi connectivity index (χ0v) is 10.4. The zero-order chi connectivity index (χ0) is 13.3. The maximum Gasteiger partial charge on any atom is 0.330 e. The Balaban J connectivity index is 0.00000289. The second kappa shape index (κ2) is 5.44. The summed E-state index contributed by atoms with van der Waals surface area (Å²) in [4.78, 5) is 11.0. The Morgan fingerprint density at radius 2 is 1.78 bits per heavy atom. The third-order valence-electron chi connectivity index (χ3n) is 2.43. The summed E-state index contributed by atoms with van der Waals surface area (Å²) in [5, 5.41) is 17.9. The molecular weight excluding hydrogens is 262 g/mol. The number of hydrogen-bond donors (Lipinski definition) is 3. The van der Waals surface area contributed by atoms with Crippen LogP contribution in [0, 0.1) is 0 Å². The van der Waals surface area contributed by atoms with E-state index in [0.717, 1.165) is 6.26 Å². The second-order valence-corrected chi connectivity index (χ2v) is 5.75. The van der Waals surface area contributed by atoms with E-state index >= 15 is 0 Å². The first-order valence-electron chi connectivity index (χ1n) is 4.65. The van der Waals surface area contributed by atoms with Gasteiger partial charge in [-0.2, -0.15) is 0 Å². The molecule has 0 saturated heterocycles. The molecule has 0 aromatic heterocycles. The molecule has 0 aliphatic rings. The molecule has 102 valence electrons. The first-order chi connectivity index (χ1) is 7.71. The molecule has 0 heterocycles. The van der Waals surface area contributed by atoms with Crippen molar-refractivity contribution in [2.45, 2.75) is 10.4 Å². The molecule has 7 nitrogen and oxygen atoms in total. The van der Waals surface area contributed by atoms with Crippen LogP contribution in [0.1, 0.15) is 5.56 Å². The molecule has 0 bridgehead atoms. The SMILES string of the molecule is CS(=O)(=O)c1ccc(C(N)(CO)C(=O)O)cc1.O. The molecule has 8 heteroatoms. The van der Waals surface area contributed by atoms with Gasteiger partial charge in [0, 0.05) is 6.26 Å². The molecule has 1 atom stereocenters. The minimum Gasteiger partial charge on any atom is -0.480 e. The zero-order valence-electron chi connectivity index (χ0n) is 9.62. The van der Waals surface area contributed by atoms with E-state index in [1.807, 2.05) is 0 Å². The molecule has 1 aromatic rings. The van der Waals surface area contributed by atoms with Crippen molar-refractivity contribution in [3.8, 4) is 0 Å². The topological polar surface area (TPSA) is 149 Å². The third-order valence-corrected chi connectivity index (χ3v) is 3.56. The first kappa shape index (κ1) is 16.5. The fourth-order valence-electron chi connectivity index (χ4n) is 1.28. The highest BCUT2D eigenvalue weighted by Gasteiger charge is 2.35. The monoisotopic (exact) mass is 277 g/mol. The minimum absolute atomic E-state index is 0. The van der Waals surface area contributed by atoms with Gasteiger partial charge in [0.05, 0.1) is 11.5 Å². The van der Waals surface area contributed by atoms with Crippen LogP contribution in [0.25, 0.3) is 0 Å². The van der Waals surface area contributed by atoms with Crippen LogP contribution in [0.3, 0.4) is 0 Å². The van der Waals surface area contributed by atoms with E-state index in [9.17, 15) is 13.2 Å². The number of sulfone groups is 1. The smallest absolute Gasteiger partial charge is 0.330 e. The van der Waals surface area contributed by atoms with Gasteiger partial charge in [0.1, 0.15) is 0 Å².